The monoisotopic (exact) mass is 211 g/mol. The topological polar surface area (TPSA) is 37.8 Å². The van der Waals surface area contributed by atoms with Crippen LogP contribution in [-0.2, 0) is 5.75 Å². The molecule has 0 saturated carbocycles. The van der Waals surface area contributed by atoms with Crippen molar-refractivity contribution in [3.05, 3.63) is 18.1 Å². The van der Waals surface area contributed by atoms with Gasteiger partial charge in [0.1, 0.15) is 11.6 Å². The van der Waals surface area contributed by atoms with Crippen molar-refractivity contribution in [3.8, 4) is 0 Å². The predicted octanol–water partition coefficient (Wildman–Crippen LogP) is 2.41. The summed E-state index contributed by atoms with van der Waals surface area (Å²) in [6.07, 6.45) is 1.80. The van der Waals surface area contributed by atoms with Gasteiger partial charge in [0, 0.05) is 13.2 Å². The fraction of sp³-hybridized carbons (Fsp3) is 0.600. The summed E-state index contributed by atoms with van der Waals surface area (Å²) < 4.78 is 0. The molecule has 1 N–H and O–H groups in total. The van der Waals surface area contributed by atoms with Gasteiger partial charge in [-0.25, -0.2) is 9.97 Å². The van der Waals surface area contributed by atoms with E-state index in [4.69, 9.17) is 0 Å². The van der Waals surface area contributed by atoms with Crippen molar-refractivity contribution in [2.24, 2.45) is 5.92 Å². The lowest BCUT2D eigenvalue weighted by molar-refractivity contribution is 0.750. The molecule has 0 saturated heterocycles. The first kappa shape index (κ1) is 11.3. The highest BCUT2D eigenvalue weighted by atomic mass is 32.2. The molecule has 0 aliphatic heterocycles. The van der Waals surface area contributed by atoms with Crippen molar-refractivity contribution < 1.29 is 0 Å². The lowest BCUT2D eigenvalue weighted by Gasteiger charge is -2.04. The molecule has 3 nitrogen and oxygen atoms in total. The average Bonchev–Trinajstić information content (AvgIpc) is 2.18. The molecule has 0 spiro atoms. The minimum atomic E-state index is 0.729. The number of rotatable bonds is 5. The van der Waals surface area contributed by atoms with E-state index in [1.165, 1.54) is 0 Å². The number of aromatic nitrogens is 2. The third kappa shape index (κ3) is 3.96. The first-order chi connectivity index (χ1) is 6.72. The highest BCUT2D eigenvalue weighted by Gasteiger charge is 1.99. The van der Waals surface area contributed by atoms with Gasteiger partial charge >= 0.3 is 0 Å². The van der Waals surface area contributed by atoms with Crippen LogP contribution in [0.2, 0.25) is 0 Å². The Kier molecular flexibility index (Phi) is 4.73. The number of hydrogen-bond donors (Lipinski definition) is 1. The van der Waals surface area contributed by atoms with Gasteiger partial charge in [0.15, 0.2) is 0 Å². The van der Waals surface area contributed by atoms with Gasteiger partial charge in [-0.2, -0.15) is 11.8 Å². The Morgan fingerprint density at radius 3 is 2.93 bits per heavy atom. The van der Waals surface area contributed by atoms with Gasteiger partial charge in [0.05, 0.1) is 5.75 Å². The van der Waals surface area contributed by atoms with Gasteiger partial charge in [-0.3, -0.25) is 0 Å². The van der Waals surface area contributed by atoms with Crippen LogP contribution in [0.4, 0.5) is 5.82 Å². The second-order valence-corrected chi connectivity index (χ2v) is 4.55. The molecule has 1 rings (SSSR count). The number of nitrogens with one attached hydrogen (secondary N) is 1. The lowest BCUT2D eigenvalue weighted by atomic mass is 10.3. The van der Waals surface area contributed by atoms with Gasteiger partial charge in [0.2, 0.25) is 0 Å². The van der Waals surface area contributed by atoms with Crippen LogP contribution in [0.5, 0.6) is 0 Å². The van der Waals surface area contributed by atoms with Crippen LogP contribution in [0.25, 0.3) is 0 Å². The van der Waals surface area contributed by atoms with Crippen molar-refractivity contribution in [3.63, 3.8) is 0 Å². The summed E-state index contributed by atoms with van der Waals surface area (Å²) >= 11 is 1.88. The summed E-state index contributed by atoms with van der Waals surface area (Å²) in [5, 5.41) is 3.01. The molecule has 0 aliphatic rings. The maximum Gasteiger partial charge on any atom is 0.140 e. The first-order valence-electron chi connectivity index (χ1n) is 4.79. The average molecular weight is 211 g/mol. The Bertz CT molecular complexity index is 276. The molecule has 4 heteroatoms. The minimum absolute atomic E-state index is 0.729. The molecular formula is C10H17N3S. The Morgan fingerprint density at radius 2 is 2.29 bits per heavy atom. The second kappa shape index (κ2) is 5.86. The maximum absolute atomic E-state index is 4.35. The Balaban J connectivity index is 2.42. The van der Waals surface area contributed by atoms with E-state index in [9.17, 15) is 0 Å². The summed E-state index contributed by atoms with van der Waals surface area (Å²) in [6.45, 7) is 4.44. The molecule has 0 unspecified atom stereocenters. The molecule has 0 aromatic carbocycles. The minimum Gasteiger partial charge on any atom is -0.373 e. The van der Waals surface area contributed by atoms with Gasteiger partial charge in [-0.1, -0.05) is 13.8 Å². The number of anilines is 1. The number of thioether (sulfide) groups is 1. The van der Waals surface area contributed by atoms with Crippen LogP contribution in [0.15, 0.2) is 12.3 Å². The molecule has 1 aromatic rings. The SMILES string of the molecule is CNc1ccnc(CSCC(C)C)n1. The first-order valence-corrected chi connectivity index (χ1v) is 5.95. The van der Waals surface area contributed by atoms with Gasteiger partial charge < -0.3 is 5.32 Å². The van der Waals surface area contributed by atoms with Crippen LogP contribution in [0.3, 0.4) is 0 Å². The van der Waals surface area contributed by atoms with Crippen molar-refractivity contribution in [1.29, 1.82) is 0 Å². The van der Waals surface area contributed by atoms with Crippen LogP contribution in [0.1, 0.15) is 19.7 Å². The van der Waals surface area contributed by atoms with Crippen LogP contribution < -0.4 is 5.32 Å². The van der Waals surface area contributed by atoms with Gasteiger partial charge in [-0.15, -0.1) is 0 Å². The fourth-order valence-corrected chi connectivity index (χ4v) is 1.90. The van der Waals surface area contributed by atoms with E-state index in [-0.39, 0.29) is 0 Å². The zero-order valence-corrected chi connectivity index (χ0v) is 9.77. The number of hydrogen-bond acceptors (Lipinski definition) is 4. The van der Waals surface area contributed by atoms with Crippen LogP contribution >= 0.6 is 11.8 Å². The normalized spacial score (nSPS) is 10.6. The molecule has 1 heterocycles. The Hall–Kier alpha value is -0.770. The standard InChI is InChI=1S/C10H17N3S/c1-8(2)6-14-7-10-12-5-4-9(11-3)13-10/h4-5,8H,6-7H2,1-3H3,(H,11,12,13). The third-order valence-corrected chi connectivity index (χ3v) is 3.01. The highest BCUT2D eigenvalue weighted by molar-refractivity contribution is 7.98. The smallest absolute Gasteiger partial charge is 0.140 e. The molecule has 1 aromatic heterocycles. The molecule has 78 valence electrons. The molecule has 0 atom stereocenters. The van der Waals surface area contributed by atoms with Crippen molar-refractivity contribution in [2.45, 2.75) is 19.6 Å². The summed E-state index contributed by atoms with van der Waals surface area (Å²) in [5.41, 5.74) is 0. The fourth-order valence-electron chi connectivity index (χ4n) is 0.994. The lowest BCUT2D eigenvalue weighted by Crippen LogP contribution is -1.99. The predicted molar refractivity (Wildman–Crippen MR) is 62.6 cm³/mol. The van der Waals surface area contributed by atoms with E-state index in [2.05, 4.69) is 29.1 Å². The summed E-state index contributed by atoms with van der Waals surface area (Å²) in [4.78, 5) is 8.56. The highest BCUT2D eigenvalue weighted by Crippen LogP contribution is 2.13. The molecule has 0 aliphatic carbocycles. The molecule has 0 radical (unpaired) electrons. The second-order valence-electron chi connectivity index (χ2n) is 3.52. The molecule has 0 fully saturated rings. The quantitative estimate of drug-likeness (QED) is 0.811. The van der Waals surface area contributed by atoms with E-state index in [1.807, 2.05) is 24.9 Å². The summed E-state index contributed by atoms with van der Waals surface area (Å²) in [6, 6.07) is 1.87. The largest absolute Gasteiger partial charge is 0.373 e. The van der Waals surface area contributed by atoms with E-state index < -0.39 is 0 Å². The van der Waals surface area contributed by atoms with Crippen LogP contribution in [-0.4, -0.2) is 22.8 Å². The maximum atomic E-state index is 4.35. The molecule has 0 amide bonds. The van der Waals surface area contributed by atoms with Crippen molar-refractivity contribution in [2.75, 3.05) is 18.1 Å². The Labute approximate surface area is 89.7 Å². The van der Waals surface area contributed by atoms with Crippen molar-refractivity contribution >= 4 is 17.6 Å². The third-order valence-electron chi connectivity index (χ3n) is 1.64. The van der Waals surface area contributed by atoms with E-state index in [0.717, 1.165) is 29.1 Å². The summed E-state index contributed by atoms with van der Waals surface area (Å²) in [5.74, 6) is 4.58. The van der Waals surface area contributed by atoms with Gasteiger partial charge in [0.25, 0.3) is 0 Å². The summed E-state index contributed by atoms with van der Waals surface area (Å²) in [7, 11) is 1.87. The molecule has 14 heavy (non-hydrogen) atoms. The van der Waals surface area contributed by atoms with Gasteiger partial charge in [-0.05, 0) is 17.7 Å². The van der Waals surface area contributed by atoms with E-state index in [1.54, 1.807) is 6.20 Å². The molecule has 0 bridgehead atoms. The van der Waals surface area contributed by atoms with E-state index >= 15 is 0 Å². The molecular weight excluding hydrogens is 194 g/mol. The zero-order chi connectivity index (χ0) is 10.4. The number of nitrogens with zero attached hydrogens (tertiary/aromatic N) is 2. The zero-order valence-electron chi connectivity index (χ0n) is 8.95. The van der Waals surface area contributed by atoms with Crippen LogP contribution in [0, 0.1) is 5.92 Å². The van der Waals surface area contributed by atoms with Crippen molar-refractivity contribution in [1.82, 2.24) is 9.97 Å². The van der Waals surface area contributed by atoms with E-state index in [0.29, 0.717) is 0 Å². The Morgan fingerprint density at radius 1 is 1.50 bits per heavy atom.